The average molecular weight is 332 g/mol. The van der Waals surface area contributed by atoms with E-state index in [9.17, 15) is 13.9 Å². The summed E-state index contributed by atoms with van der Waals surface area (Å²) in [5.41, 5.74) is 1.79. The lowest BCUT2D eigenvalue weighted by Crippen LogP contribution is -2.17. The van der Waals surface area contributed by atoms with Crippen molar-refractivity contribution in [3.05, 3.63) is 71.3 Å². The van der Waals surface area contributed by atoms with E-state index < -0.39 is 17.7 Å². The van der Waals surface area contributed by atoms with Gasteiger partial charge in [0.25, 0.3) is 0 Å². The molecular weight excluding hydrogens is 310 g/mol. The number of halogens is 2. The van der Waals surface area contributed by atoms with Crippen molar-refractivity contribution in [2.75, 3.05) is 6.61 Å². The van der Waals surface area contributed by atoms with Crippen LogP contribution in [0.3, 0.4) is 0 Å². The van der Waals surface area contributed by atoms with Crippen LogP contribution in [0.1, 0.15) is 30.4 Å². The first-order valence-electron chi connectivity index (χ1n) is 8.04. The zero-order chi connectivity index (χ0) is 17.4. The smallest absolute Gasteiger partial charge is 0.159 e. The summed E-state index contributed by atoms with van der Waals surface area (Å²) in [5.74, 6) is -0.942. The molecule has 0 aliphatic rings. The van der Waals surface area contributed by atoms with Crippen molar-refractivity contribution in [2.24, 2.45) is 0 Å². The fourth-order valence-corrected chi connectivity index (χ4v) is 2.22. The summed E-state index contributed by atoms with van der Waals surface area (Å²) in [6.07, 6.45) is 5.27. The highest BCUT2D eigenvalue weighted by atomic mass is 19.2. The SMILES string of the molecule is Cc1ccc(OCC(O)CCC/C=C/c2ccc(F)c(F)c2)cc1. The number of hydrogen-bond donors (Lipinski definition) is 1. The number of aryl methyl sites for hydroxylation is 1. The maximum Gasteiger partial charge on any atom is 0.159 e. The van der Waals surface area contributed by atoms with Crippen LogP contribution in [0.4, 0.5) is 8.78 Å². The number of rotatable bonds is 8. The molecule has 0 aromatic heterocycles. The van der Waals surface area contributed by atoms with E-state index in [0.29, 0.717) is 12.0 Å². The first-order valence-corrected chi connectivity index (χ1v) is 8.04. The Morgan fingerprint density at radius 3 is 2.54 bits per heavy atom. The summed E-state index contributed by atoms with van der Waals surface area (Å²) in [7, 11) is 0. The lowest BCUT2D eigenvalue weighted by atomic mass is 10.1. The minimum Gasteiger partial charge on any atom is -0.491 e. The molecule has 2 aromatic carbocycles. The van der Waals surface area contributed by atoms with Gasteiger partial charge >= 0.3 is 0 Å². The second-order valence-corrected chi connectivity index (χ2v) is 5.78. The standard InChI is InChI=1S/C20H22F2O2/c1-15-7-10-18(11-8-15)24-14-17(23)6-4-2-3-5-16-9-12-19(21)20(22)13-16/h3,5,7-13,17,23H,2,4,6,14H2,1H3/b5-3+. The third kappa shape index (κ3) is 6.13. The molecule has 1 atom stereocenters. The van der Waals surface area contributed by atoms with Gasteiger partial charge in [-0.15, -0.1) is 0 Å². The number of hydrogen-bond acceptors (Lipinski definition) is 2. The van der Waals surface area contributed by atoms with Gasteiger partial charge in [0.05, 0.1) is 6.10 Å². The number of allylic oxidation sites excluding steroid dienone is 1. The number of benzene rings is 2. The lowest BCUT2D eigenvalue weighted by Gasteiger charge is -2.12. The Balaban J connectivity index is 1.65. The number of ether oxygens (including phenoxy) is 1. The van der Waals surface area contributed by atoms with Crippen molar-refractivity contribution in [3.63, 3.8) is 0 Å². The van der Waals surface area contributed by atoms with Gasteiger partial charge in [0.2, 0.25) is 0 Å². The van der Waals surface area contributed by atoms with Crippen LogP contribution in [0.15, 0.2) is 48.5 Å². The van der Waals surface area contributed by atoms with Gasteiger partial charge in [-0.2, -0.15) is 0 Å². The van der Waals surface area contributed by atoms with Crippen molar-refractivity contribution in [2.45, 2.75) is 32.3 Å². The first kappa shape index (κ1) is 18.1. The predicted molar refractivity (Wildman–Crippen MR) is 91.9 cm³/mol. The summed E-state index contributed by atoms with van der Waals surface area (Å²) >= 11 is 0. The molecule has 24 heavy (non-hydrogen) atoms. The molecule has 1 unspecified atom stereocenters. The van der Waals surface area contributed by atoms with E-state index in [1.807, 2.05) is 37.3 Å². The zero-order valence-corrected chi connectivity index (χ0v) is 13.7. The zero-order valence-electron chi connectivity index (χ0n) is 13.7. The molecule has 0 amide bonds. The molecule has 0 aliphatic carbocycles. The minimum absolute atomic E-state index is 0.260. The Kier molecular flexibility index (Phi) is 6.94. The molecule has 0 aliphatic heterocycles. The van der Waals surface area contributed by atoms with Crippen LogP contribution >= 0.6 is 0 Å². The second kappa shape index (κ2) is 9.18. The summed E-state index contributed by atoms with van der Waals surface area (Å²) in [5, 5.41) is 9.91. The predicted octanol–water partition coefficient (Wildman–Crippen LogP) is 4.90. The third-order valence-corrected chi connectivity index (χ3v) is 3.63. The first-order chi connectivity index (χ1) is 11.5. The molecule has 1 N–H and O–H groups in total. The third-order valence-electron chi connectivity index (χ3n) is 3.63. The van der Waals surface area contributed by atoms with Gasteiger partial charge in [-0.3, -0.25) is 0 Å². The molecule has 4 heteroatoms. The summed E-state index contributed by atoms with van der Waals surface area (Å²) in [6, 6.07) is 11.5. The molecule has 2 nitrogen and oxygen atoms in total. The van der Waals surface area contributed by atoms with Crippen molar-refractivity contribution in [3.8, 4) is 5.75 Å². The molecule has 0 radical (unpaired) electrons. The highest BCUT2D eigenvalue weighted by Gasteiger charge is 2.05. The molecule has 2 rings (SSSR count). The van der Waals surface area contributed by atoms with Crippen LogP contribution in [0.25, 0.3) is 6.08 Å². The molecule has 0 spiro atoms. The van der Waals surface area contributed by atoms with Gasteiger partial charge in [0, 0.05) is 0 Å². The number of unbranched alkanes of at least 4 members (excludes halogenated alkanes) is 1. The molecule has 0 fully saturated rings. The van der Waals surface area contributed by atoms with Crippen molar-refractivity contribution in [1.29, 1.82) is 0 Å². The van der Waals surface area contributed by atoms with E-state index >= 15 is 0 Å². The van der Waals surface area contributed by atoms with E-state index in [4.69, 9.17) is 4.74 Å². The van der Waals surface area contributed by atoms with Gasteiger partial charge in [-0.25, -0.2) is 8.78 Å². The highest BCUT2D eigenvalue weighted by Crippen LogP contribution is 2.13. The van der Waals surface area contributed by atoms with Crippen LogP contribution in [0.5, 0.6) is 5.75 Å². The monoisotopic (exact) mass is 332 g/mol. The summed E-state index contributed by atoms with van der Waals surface area (Å²) < 4.78 is 31.4. The van der Waals surface area contributed by atoms with Crippen molar-refractivity contribution in [1.82, 2.24) is 0 Å². The molecular formula is C20H22F2O2. The molecule has 128 valence electrons. The quantitative estimate of drug-likeness (QED) is 0.697. The second-order valence-electron chi connectivity index (χ2n) is 5.78. The maximum atomic E-state index is 13.1. The van der Waals surface area contributed by atoms with E-state index in [-0.39, 0.29) is 6.61 Å². The van der Waals surface area contributed by atoms with Crippen LogP contribution < -0.4 is 4.74 Å². The van der Waals surface area contributed by atoms with Crippen molar-refractivity contribution >= 4 is 6.08 Å². The van der Waals surface area contributed by atoms with E-state index in [0.717, 1.165) is 36.3 Å². The van der Waals surface area contributed by atoms with Gasteiger partial charge in [-0.1, -0.05) is 35.9 Å². The number of aliphatic hydroxyl groups excluding tert-OH is 1. The van der Waals surface area contributed by atoms with E-state index in [2.05, 4.69) is 0 Å². The van der Waals surface area contributed by atoms with E-state index in [1.165, 1.54) is 6.07 Å². The van der Waals surface area contributed by atoms with Gasteiger partial charge in [0.1, 0.15) is 12.4 Å². The Hall–Kier alpha value is -2.20. The Morgan fingerprint density at radius 1 is 1.08 bits per heavy atom. The fourth-order valence-electron chi connectivity index (χ4n) is 2.22. The van der Waals surface area contributed by atoms with Crippen LogP contribution in [0, 0.1) is 18.6 Å². The molecule has 0 heterocycles. The summed E-state index contributed by atoms with van der Waals surface area (Å²) in [4.78, 5) is 0. The normalized spacial score (nSPS) is 12.5. The fraction of sp³-hybridized carbons (Fsp3) is 0.300. The highest BCUT2D eigenvalue weighted by molar-refractivity contribution is 5.48. The lowest BCUT2D eigenvalue weighted by molar-refractivity contribution is 0.0984. The minimum atomic E-state index is -0.846. The van der Waals surface area contributed by atoms with Crippen molar-refractivity contribution < 1.29 is 18.6 Å². The van der Waals surface area contributed by atoms with E-state index in [1.54, 1.807) is 6.08 Å². The molecule has 0 saturated heterocycles. The van der Waals surface area contributed by atoms with Gasteiger partial charge < -0.3 is 9.84 Å². The maximum absolute atomic E-state index is 13.1. The van der Waals surface area contributed by atoms with Crippen LogP contribution in [0.2, 0.25) is 0 Å². The van der Waals surface area contributed by atoms with Crippen LogP contribution in [-0.2, 0) is 0 Å². The summed E-state index contributed by atoms with van der Waals surface area (Å²) in [6.45, 7) is 2.27. The Labute approximate surface area is 141 Å². The van der Waals surface area contributed by atoms with Gasteiger partial charge in [-0.05, 0) is 56.0 Å². The average Bonchev–Trinajstić information content (AvgIpc) is 2.57. The molecule has 2 aromatic rings. The largest absolute Gasteiger partial charge is 0.491 e. The Morgan fingerprint density at radius 2 is 1.83 bits per heavy atom. The number of aliphatic hydroxyl groups is 1. The molecule has 0 bridgehead atoms. The van der Waals surface area contributed by atoms with Crippen LogP contribution in [-0.4, -0.2) is 17.8 Å². The topological polar surface area (TPSA) is 29.5 Å². The Bertz CT molecular complexity index is 666. The van der Waals surface area contributed by atoms with Gasteiger partial charge in [0.15, 0.2) is 11.6 Å². The molecule has 0 saturated carbocycles.